The van der Waals surface area contributed by atoms with Gasteiger partial charge >= 0.3 is 0 Å². The van der Waals surface area contributed by atoms with Crippen molar-refractivity contribution in [1.82, 2.24) is 15.3 Å². The first-order chi connectivity index (χ1) is 14.5. The molecule has 0 aliphatic carbocycles. The first-order valence-corrected chi connectivity index (χ1v) is 9.94. The van der Waals surface area contributed by atoms with Crippen molar-refractivity contribution in [2.75, 3.05) is 5.32 Å². The predicted octanol–water partition coefficient (Wildman–Crippen LogP) is 5.14. The third-order valence-corrected chi connectivity index (χ3v) is 4.82. The molecule has 4 aromatic rings. The van der Waals surface area contributed by atoms with Gasteiger partial charge in [-0.15, -0.1) is 0 Å². The molecular weight excluding hydrogens is 396 g/mol. The Morgan fingerprint density at radius 3 is 2.60 bits per heavy atom. The largest absolute Gasteiger partial charge is 0.436 e. The van der Waals surface area contributed by atoms with E-state index in [-0.39, 0.29) is 11.0 Å². The van der Waals surface area contributed by atoms with Crippen LogP contribution in [0.5, 0.6) is 0 Å². The van der Waals surface area contributed by atoms with Crippen LogP contribution >= 0.6 is 12.2 Å². The summed E-state index contributed by atoms with van der Waals surface area (Å²) in [6.07, 6.45) is 3.09. The molecule has 1 amide bonds. The maximum atomic E-state index is 12.1. The number of rotatable bonds is 4. The number of carbonyl (C=O) groups excluding carboxylic acids is 1. The molecule has 2 N–H and O–H groups in total. The monoisotopic (exact) mass is 416 g/mol. The van der Waals surface area contributed by atoms with Crippen molar-refractivity contribution >= 4 is 40.0 Å². The van der Waals surface area contributed by atoms with Gasteiger partial charge in [-0.3, -0.25) is 15.1 Å². The lowest BCUT2D eigenvalue weighted by Crippen LogP contribution is -2.34. The number of pyridine rings is 1. The fourth-order valence-corrected chi connectivity index (χ4v) is 3.17. The minimum atomic E-state index is -0.315. The molecule has 0 aliphatic heterocycles. The number of nitrogens with one attached hydrogen (secondary N) is 2. The third-order valence-electron chi connectivity index (χ3n) is 4.62. The van der Waals surface area contributed by atoms with E-state index in [0.29, 0.717) is 17.4 Å². The molecule has 0 fully saturated rings. The number of anilines is 1. The number of oxazole rings is 1. The fraction of sp³-hybridized carbons (Fsp3) is 0.130. The standard InChI is InChI=1S/C23H20N4O2S/c1-14(2)16-7-10-20-19(12-16)26-22(29-20)15-5-8-18(9-6-15)25-23(30)27-21(28)17-4-3-11-24-13-17/h3-14H,1-2H3,(H2,25,27,28,30). The molecule has 4 rings (SSSR count). The topological polar surface area (TPSA) is 80.0 Å². The molecule has 0 bridgehead atoms. The average molecular weight is 417 g/mol. The second-order valence-corrected chi connectivity index (χ2v) is 7.54. The Hall–Kier alpha value is -3.58. The van der Waals surface area contributed by atoms with Crippen LogP contribution in [-0.4, -0.2) is 21.0 Å². The molecule has 0 saturated heterocycles. The molecule has 0 unspecified atom stereocenters. The summed E-state index contributed by atoms with van der Waals surface area (Å²) in [4.78, 5) is 20.7. The van der Waals surface area contributed by atoms with E-state index in [1.165, 1.54) is 11.8 Å². The summed E-state index contributed by atoms with van der Waals surface area (Å²) < 4.78 is 5.89. The summed E-state index contributed by atoms with van der Waals surface area (Å²) in [6, 6.07) is 16.9. The Balaban J connectivity index is 1.44. The van der Waals surface area contributed by atoms with E-state index in [0.717, 1.165) is 22.4 Å². The number of amides is 1. The van der Waals surface area contributed by atoms with Gasteiger partial charge in [0.25, 0.3) is 5.91 Å². The number of hydrogen-bond acceptors (Lipinski definition) is 5. The first-order valence-electron chi connectivity index (χ1n) is 9.53. The molecule has 0 aliphatic rings. The van der Waals surface area contributed by atoms with Crippen LogP contribution in [0.3, 0.4) is 0 Å². The maximum Gasteiger partial charge on any atom is 0.258 e. The number of thiocarbonyl (C=S) groups is 1. The predicted molar refractivity (Wildman–Crippen MR) is 121 cm³/mol. The minimum absolute atomic E-state index is 0.208. The number of benzene rings is 2. The highest BCUT2D eigenvalue weighted by Crippen LogP contribution is 2.27. The van der Waals surface area contributed by atoms with Crippen LogP contribution in [0.2, 0.25) is 0 Å². The van der Waals surface area contributed by atoms with E-state index in [1.807, 2.05) is 30.3 Å². The molecule has 2 aromatic carbocycles. The molecule has 0 spiro atoms. The molecule has 2 heterocycles. The van der Waals surface area contributed by atoms with Gasteiger partial charge in [-0.25, -0.2) is 4.98 Å². The Morgan fingerprint density at radius 1 is 1.10 bits per heavy atom. The molecule has 150 valence electrons. The summed E-state index contributed by atoms with van der Waals surface area (Å²) >= 11 is 5.22. The number of aromatic nitrogens is 2. The van der Waals surface area contributed by atoms with Crippen molar-refractivity contribution in [2.24, 2.45) is 0 Å². The molecule has 30 heavy (non-hydrogen) atoms. The van der Waals surface area contributed by atoms with Crippen molar-refractivity contribution in [2.45, 2.75) is 19.8 Å². The lowest BCUT2D eigenvalue weighted by Gasteiger charge is -2.09. The smallest absolute Gasteiger partial charge is 0.258 e. The number of hydrogen-bond donors (Lipinski definition) is 2. The summed E-state index contributed by atoms with van der Waals surface area (Å²) in [7, 11) is 0. The van der Waals surface area contributed by atoms with Gasteiger partial charge in [0.2, 0.25) is 5.89 Å². The second-order valence-electron chi connectivity index (χ2n) is 7.13. The number of fused-ring (bicyclic) bond motifs is 1. The Labute approximate surface area is 179 Å². The van der Waals surface area contributed by atoms with E-state index < -0.39 is 0 Å². The normalized spacial score (nSPS) is 10.9. The summed E-state index contributed by atoms with van der Waals surface area (Å²) in [5, 5.41) is 5.84. The van der Waals surface area contributed by atoms with Gasteiger partial charge in [0, 0.05) is 23.6 Å². The van der Waals surface area contributed by atoms with Crippen molar-refractivity contribution in [3.63, 3.8) is 0 Å². The highest BCUT2D eigenvalue weighted by Gasteiger charge is 2.11. The third kappa shape index (κ3) is 4.36. The van der Waals surface area contributed by atoms with Crippen LogP contribution in [0.1, 0.15) is 35.7 Å². The van der Waals surface area contributed by atoms with Gasteiger partial charge in [-0.05, 0) is 72.2 Å². The number of nitrogens with zero attached hydrogens (tertiary/aromatic N) is 2. The lowest BCUT2D eigenvalue weighted by atomic mass is 10.0. The lowest BCUT2D eigenvalue weighted by molar-refractivity contribution is 0.0977. The van der Waals surface area contributed by atoms with Crippen molar-refractivity contribution in [3.8, 4) is 11.5 Å². The zero-order valence-corrected chi connectivity index (χ0v) is 17.4. The van der Waals surface area contributed by atoms with Gasteiger partial charge in [0.1, 0.15) is 5.52 Å². The second kappa shape index (κ2) is 8.42. The van der Waals surface area contributed by atoms with Crippen molar-refractivity contribution in [3.05, 3.63) is 78.1 Å². The zero-order chi connectivity index (χ0) is 21.1. The minimum Gasteiger partial charge on any atom is -0.436 e. The quantitative estimate of drug-likeness (QED) is 0.449. The molecular formula is C23H20N4O2S. The van der Waals surface area contributed by atoms with E-state index in [1.54, 1.807) is 18.3 Å². The Morgan fingerprint density at radius 2 is 1.90 bits per heavy atom. The van der Waals surface area contributed by atoms with E-state index in [2.05, 4.69) is 46.6 Å². The van der Waals surface area contributed by atoms with Crippen LogP contribution in [-0.2, 0) is 0 Å². The number of carbonyl (C=O) groups is 1. The van der Waals surface area contributed by atoms with Crippen LogP contribution in [0, 0.1) is 0 Å². The van der Waals surface area contributed by atoms with Gasteiger partial charge in [0.15, 0.2) is 10.7 Å². The molecule has 0 radical (unpaired) electrons. The molecule has 7 heteroatoms. The van der Waals surface area contributed by atoms with Crippen LogP contribution in [0.15, 0.2) is 71.4 Å². The summed E-state index contributed by atoms with van der Waals surface area (Å²) in [5.74, 6) is 0.678. The Bertz CT molecular complexity index is 1200. The van der Waals surface area contributed by atoms with Gasteiger partial charge in [-0.2, -0.15) is 0 Å². The van der Waals surface area contributed by atoms with Gasteiger partial charge < -0.3 is 9.73 Å². The first kappa shape index (κ1) is 19.7. The van der Waals surface area contributed by atoms with Crippen molar-refractivity contribution < 1.29 is 9.21 Å². The maximum absolute atomic E-state index is 12.1. The highest BCUT2D eigenvalue weighted by atomic mass is 32.1. The van der Waals surface area contributed by atoms with Crippen LogP contribution < -0.4 is 10.6 Å². The molecule has 0 atom stereocenters. The molecule has 2 aromatic heterocycles. The van der Waals surface area contributed by atoms with E-state index in [4.69, 9.17) is 16.6 Å². The van der Waals surface area contributed by atoms with Crippen molar-refractivity contribution in [1.29, 1.82) is 0 Å². The SMILES string of the molecule is CC(C)c1ccc2oc(-c3ccc(NC(=S)NC(=O)c4cccnc4)cc3)nc2c1. The van der Waals surface area contributed by atoms with Gasteiger partial charge in [-0.1, -0.05) is 19.9 Å². The van der Waals surface area contributed by atoms with Crippen LogP contribution in [0.25, 0.3) is 22.6 Å². The summed E-state index contributed by atoms with van der Waals surface area (Å²) in [6.45, 7) is 4.30. The van der Waals surface area contributed by atoms with E-state index >= 15 is 0 Å². The van der Waals surface area contributed by atoms with Gasteiger partial charge in [0.05, 0.1) is 5.56 Å². The highest BCUT2D eigenvalue weighted by molar-refractivity contribution is 7.80. The summed E-state index contributed by atoms with van der Waals surface area (Å²) in [5.41, 5.74) is 4.87. The molecule has 6 nitrogen and oxygen atoms in total. The van der Waals surface area contributed by atoms with Crippen LogP contribution in [0.4, 0.5) is 5.69 Å². The Kier molecular flexibility index (Phi) is 5.54. The zero-order valence-electron chi connectivity index (χ0n) is 16.5. The molecule has 0 saturated carbocycles. The average Bonchev–Trinajstić information content (AvgIpc) is 3.18. The fourth-order valence-electron chi connectivity index (χ4n) is 2.96. The van der Waals surface area contributed by atoms with E-state index in [9.17, 15) is 4.79 Å².